The number of aryl methyl sites for hydroxylation is 1. The standard InChI is InChI=1S/C24H30N7/c1-5-31(17-16-30-15-14-29(4)19-30)24-12-10-23(11-13-24)28-27-22-8-6-21(7-9-22)18-25-26-20(2)3/h6-15,18-19H,5,16-17H2,1-4H3/q+1/b25-18+,28-27+. The first-order valence-electron chi connectivity index (χ1n) is 10.5. The van der Waals surface area contributed by atoms with E-state index in [1.165, 1.54) is 5.69 Å². The van der Waals surface area contributed by atoms with E-state index in [9.17, 15) is 0 Å². The zero-order valence-electron chi connectivity index (χ0n) is 18.7. The van der Waals surface area contributed by atoms with Crippen LogP contribution < -0.4 is 9.47 Å². The lowest BCUT2D eigenvalue weighted by atomic mass is 10.2. The summed E-state index contributed by atoms with van der Waals surface area (Å²) < 4.78 is 4.25. The van der Waals surface area contributed by atoms with Crippen LogP contribution in [0.2, 0.25) is 0 Å². The molecule has 0 N–H and O–H groups in total. The SMILES string of the molecule is CCN(CC[n+]1ccn(C)c1)c1ccc(/N=N/c2ccc(/C=N/N=C(C)C)cc2)cc1. The molecule has 7 heteroatoms. The summed E-state index contributed by atoms with van der Waals surface area (Å²) in [4.78, 5) is 2.35. The fourth-order valence-electron chi connectivity index (χ4n) is 3.02. The Hall–Kier alpha value is -3.61. The molecule has 0 atom stereocenters. The van der Waals surface area contributed by atoms with Crippen LogP contribution in [0.25, 0.3) is 0 Å². The Balaban J connectivity index is 1.58. The van der Waals surface area contributed by atoms with Crippen molar-refractivity contribution in [2.24, 2.45) is 27.5 Å². The van der Waals surface area contributed by atoms with Gasteiger partial charge in [0.1, 0.15) is 18.9 Å². The first-order valence-corrected chi connectivity index (χ1v) is 10.5. The van der Waals surface area contributed by atoms with Crippen LogP contribution in [0.1, 0.15) is 26.3 Å². The van der Waals surface area contributed by atoms with E-state index in [4.69, 9.17) is 0 Å². The average Bonchev–Trinajstić information content (AvgIpc) is 3.19. The first kappa shape index (κ1) is 22.1. The Morgan fingerprint density at radius 2 is 1.65 bits per heavy atom. The summed E-state index contributed by atoms with van der Waals surface area (Å²) in [5, 5.41) is 16.7. The number of hydrogen-bond acceptors (Lipinski definition) is 5. The lowest BCUT2D eigenvalue weighted by Crippen LogP contribution is -2.39. The number of imidazole rings is 1. The largest absolute Gasteiger partial charge is 0.368 e. The smallest absolute Gasteiger partial charge is 0.243 e. The highest BCUT2D eigenvalue weighted by atomic mass is 15.2. The molecular weight excluding hydrogens is 386 g/mol. The summed E-state index contributed by atoms with van der Waals surface area (Å²) >= 11 is 0. The molecule has 0 spiro atoms. The Kier molecular flexibility index (Phi) is 7.81. The number of hydrogen-bond donors (Lipinski definition) is 0. The molecule has 0 amide bonds. The van der Waals surface area contributed by atoms with Crippen LogP contribution >= 0.6 is 0 Å². The number of aromatic nitrogens is 2. The van der Waals surface area contributed by atoms with Gasteiger partial charge in [-0.05, 0) is 62.7 Å². The number of azo groups is 1. The van der Waals surface area contributed by atoms with E-state index in [-0.39, 0.29) is 0 Å². The molecule has 0 unspecified atom stereocenters. The number of benzene rings is 2. The molecule has 0 bridgehead atoms. The van der Waals surface area contributed by atoms with Gasteiger partial charge in [-0.1, -0.05) is 12.1 Å². The summed E-state index contributed by atoms with van der Waals surface area (Å²) in [7, 11) is 2.04. The zero-order valence-corrected chi connectivity index (χ0v) is 18.7. The van der Waals surface area contributed by atoms with Crippen molar-refractivity contribution in [3.8, 4) is 0 Å². The van der Waals surface area contributed by atoms with Crippen molar-refractivity contribution < 1.29 is 4.57 Å². The highest BCUT2D eigenvalue weighted by Gasteiger charge is 2.07. The van der Waals surface area contributed by atoms with Crippen molar-refractivity contribution in [2.75, 3.05) is 18.0 Å². The lowest BCUT2D eigenvalue weighted by molar-refractivity contribution is -0.693. The van der Waals surface area contributed by atoms with E-state index in [0.717, 1.165) is 42.3 Å². The molecule has 160 valence electrons. The van der Waals surface area contributed by atoms with Gasteiger partial charge in [0.25, 0.3) is 0 Å². The summed E-state index contributed by atoms with van der Waals surface area (Å²) in [6, 6.07) is 15.9. The van der Waals surface area contributed by atoms with E-state index >= 15 is 0 Å². The molecule has 3 aromatic rings. The molecule has 7 nitrogen and oxygen atoms in total. The molecule has 1 aromatic heterocycles. The van der Waals surface area contributed by atoms with E-state index in [2.05, 4.69) is 72.2 Å². The maximum Gasteiger partial charge on any atom is 0.243 e. The summed E-state index contributed by atoms with van der Waals surface area (Å²) in [6.07, 6.45) is 7.97. The van der Waals surface area contributed by atoms with Crippen LogP contribution in [0.4, 0.5) is 17.1 Å². The normalized spacial score (nSPS) is 11.4. The minimum atomic E-state index is 0.798. The Morgan fingerprint density at radius 1 is 1.00 bits per heavy atom. The van der Waals surface area contributed by atoms with Gasteiger partial charge in [-0.15, -0.1) is 0 Å². The Labute approximate surface area is 184 Å². The van der Waals surface area contributed by atoms with E-state index in [1.807, 2.05) is 57.3 Å². The molecule has 2 aromatic carbocycles. The quantitative estimate of drug-likeness (QED) is 0.208. The van der Waals surface area contributed by atoms with Crippen LogP contribution in [0.3, 0.4) is 0 Å². The summed E-state index contributed by atoms with van der Waals surface area (Å²) in [6.45, 7) is 8.85. The monoisotopic (exact) mass is 416 g/mol. The molecule has 0 fully saturated rings. The second-order valence-electron chi connectivity index (χ2n) is 7.50. The van der Waals surface area contributed by atoms with Crippen LogP contribution in [0.5, 0.6) is 0 Å². The van der Waals surface area contributed by atoms with Crippen molar-refractivity contribution >= 4 is 29.0 Å². The van der Waals surface area contributed by atoms with Gasteiger partial charge >= 0.3 is 0 Å². The van der Waals surface area contributed by atoms with E-state index in [0.29, 0.717) is 0 Å². The maximum absolute atomic E-state index is 4.36. The number of rotatable bonds is 9. The maximum atomic E-state index is 4.36. The molecule has 1 heterocycles. The third-order valence-corrected chi connectivity index (χ3v) is 4.69. The molecule has 0 saturated heterocycles. The molecule has 0 aliphatic carbocycles. The third kappa shape index (κ3) is 6.99. The first-order chi connectivity index (χ1) is 15.0. The predicted molar refractivity (Wildman–Crippen MR) is 127 cm³/mol. The van der Waals surface area contributed by atoms with Crippen molar-refractivity contribution in [2.45, 2.75) is 27.3 Å². The fraction of sp³-hybridized carbons (Fsp3) is 0.292. The molecule has 0 aliphatic heterocycles. The topological polar surface area (TPSA) is 61.5 Å². The van der Waals surface area contributed by atoms with Gasteiger partial charge in [0.2, 0.25) is 6.33 Å². The highest BCUT2D eigenvalue weighted by molar-refractivity contribution is 5.83. The number of nitrogens with zero attached hydrogens (tertiary/aromatic N) is 7. The van der Waals surface area contributed by atoms with Crippen molar-refractivity contribution in [1.29, 1.82) is 0 Å². The predicted octanol–water partition coefficient (Wildman–Crippen LogP) is 5.07. The van der Waals surface area contributed by atoms with Crippen LogP contribution in [0.15, 0.2) is 87.7 Å². The number of likely N-dealkylation sites (N-methyl/N-ethyl adjacent to an activating group) is 1. The van der Waals surface area contributed by atoms with Gasteiger partial charge in [0.15, 0.2) is 0 Å². The third-order valence-electron chi connectivity index (χ3n) is 4.69. The minimum Gasteiger partial charge on any atom is -0.368 e. The van der Waals surface area contributed by atoms with Crippen molar-refractivity contribution in [3.63, 3.8) is 0 Å². The molecule has 0 saturated carbocycles. The Morgan fingerprint density at radius 3 is 2.19 bits per heavy atom. The second-order valence-corrected chi connectivity index (χ2v) is 7.50. The van der Waals surface area contributed by atoms with Crippen molar-refractivity contribution in [3.05, 3.63) is 72.8 Å². The van der Waals surface area contributed by atoms with Crippen LogP contribution in [0, 0.1) is 0 Å². The van der Waals surface area contributed by atoms with Gasteiger partial charge in [0, 0.05) is 17.9 Å². The van der Waals surface area contributed by atoms with Crippen LogP contribution in [-0.4, -0.2) is 29.6 Å². The molecule has 31 heavy (non-hydrogen) atoms. The average molecular weight is 417 g/mol. The molecular formula is C24H30N7+. The van der Waals surface area contributed by atoms with E-state index < -0.39 is 0 Å². The van der Waals surface area contributed by atoms with Gasteiger partial charge < -0.3 is 4.90 Å². The van der Waals surface area contributed by atoms with Gasteiger partial charge in [-0.25, -0.2) is 9.13 Å². The Bertz CT molecular complexity index is 1040. The van der Waals surface area contributed by atoms with Gasteiger partial charge in [-0.3, -0.25) is 0 Å². The van der Waals surface area contributed by atoms with Gasteiger partial charge in [-0.2, -0.15) is 20.4 Å². The zero-order chi connectivity index (χ0) is 22.1. The fourth-order valence-corrected chi connectivity index (χ4v) is 3.02. The lowest BCUT2D eigenvalue weighted by Gasteiger charge is -2.22. The second kappa shape index (κ2) is 11.0. The molecule has 3 rings (SSSR count). The summed E-state index contributed by atoms with van der Waals surface area (Å²) in [5.41, 5.74) is 4.71. The van der Waals surface area contributed by atoms with Crippen LogP contribution in [-0.2, 0) is 13.6 Å². The molecule has 0 aliphatic rings. The highest BCUT2D eigenvalue weighted by Crippen LogP contribution is 2.22. The molecule has 0 radical (unpaired) electrons. The number of anilines is 1. The van der Waals surface area contributed by atoms with E-state index in [1.54, 1.807) is 6.21 Å². The summed E-state index contributed by atoms with van der Waals surface area (Å²) in [5.74, 6) is 0. The van der Waals surface area contributed by atoms with Gasteiger partial charge in [0.05, 0.1) is 31.2 Å². The minimum absolute atomic E-state index is 0.798. The van der Waals surface area contributed by atoms with Crippen molar-refractivity contribution in [1.82, 2.24) is 4.57 Å².